The summed E-state index contributed by atoms with van der Waals surface area (Å²) in [6, 6.07) is 8.02. The average molecular weight is 310 g/mol. The number of nitrogens with one attached hydrogen (secondary N) is 1. The molecule has 116 valence electrons. The number of carbonyl (C=O) groups excluding carboxylic acids is 1. The zero-order valence-electron chi connectivity index (χ0n) is 12.5. The monoisotopic (exact) mass is 310 g/mol. The fraction of sp³-hybridized carbons (Fsp3) is 0.533. The Kier molecular flexibility index (Phi) is 5.00. The topological polar surface area (TPSA) is 66.5 Å². The number of fused-ring (bicyclic) bond motifs is 1. The molecule has 0 saturated heterocycles. The maximum absolute atomic E-state index is 12.1. The normalized spacial score (nSPS) is 17.0. The molecule has 0 unspecified atom stereocenters. The second kappa shape index (κ2) is 6.58. The minimum Gasteiger partial charge on any atom is -0.354 e. The Morgan fingerprint density at radius 3 is 2.67 bits per heavy atom. The summed E-state index contributed by atoms with van der Waals surface area (Å²) in [6.45, 7) is 3.64. The molecule has 5 nitrogen and oxygen atoms in total. The second-order valence-corrected chi connectivity index (χ2v) is 7.85. The first-order valence-corrected chi connectivity index (χ1v) is 9.19. The van der Waals surface area contributed by atoms with Gasteiger partial charge in [-0.1, -0.05) is 24.3 Å². The number of rotatable bonds is 5. The van der Waals surface area contributed by atoms with Crippen LogP contribution in [0.15, 0.2) is 24.3 Å². The van der Waals surface area contributed by atoms with Gasteiger partial charge in [-0.05, 0) is 24.5 Å². The third-order valence-electron chi connectivity index (χ3n) is 3.86. The molecule has 0 aromatic heterocycles. The molecule has 0 spiro atoms. The molecule has 1 amide bonds. The molecule has 0 saturated carbocycles. The summed E-state index contributed by atoms with van der Waals surface area (Å²) < 4.78 is 22.1. The van der Waals surface area contributed by atoms with Gasteiger partial charge < -0.3 is 5.32 Å². The number of hydrogen-bond acceptors (Lipinski definition) is 4. The van der Waals surface area contributed by atoms with Crippen molar-refractivity contribution in [1.82, 2.24) is 10.2 Å². The molecule has 2 rings (SSSR count). The zero-order valence-corrected chi connectivity index (χ0v) is 13.3. The van der Waals surface area contributed by atoms with E-state index in [4.69, 9.17) is 0 Å². The molecule has 0 fully saturated rings. The van der Waals surface area contributed by atoms with E-state index in [0.717, 1.165) is 19.5 Å². The highest BCUT2D eigenvalue weighted by Gasteiger charge is 2.24. The summed E-state index contributed by atoms with van der Waals surface area (Å²) in [7, 11) is -3.04. The van der Waals surface area contributed by atoms with Gasteiger partial charge in [0, 0.05) is 25.9 Å². The van der Waals surface area contributed by atoms with Crippen LogP contribution < -0.4 is 5.32 Å². The van der Waals surface area contributed by atoms with Crippen molar-refractivity contribution in [3.05, 3.63) is 35.4 Å². The highest BCUT2D eigenvalue weighted by atomic mass is 32.2. The lowest BCUT2D eigenvalue weighted by atomic mass is 9.99. The third kappa shape index (κ3) is 4.54. The van der Waals surface area contributed by atoms with Crippen LogP contribution in [0.3, 0.4) is 0 Å². The van der Waals surface area contributed by atoms with Crippen LogP contribution in [0, 0.1) is 0 Å². The molecule has 1 aliphatic heterocycles. The van der Waals surface area contributed by atoms with E-state index in [1.165, 1.54) is 17.4 Å². The Balaban J connectivity index is 1.89. The standard InChI is InChI=1S/C15H22N2O3S/c1-12(15(18)16-8-10-21(2,19)20)17-9-7-13-5-3-4-6-14(13)11-17/h3-6,12H,7-11H2,1-2H3,(H,16,18)/t12-/m0/s1. The Morgan fingerprint density at radius 2 is 2.00 bits per heavy atom. The number of nitrogens with zero attached hydrogens (tertiary/aromatic N) is 1. The van der Waals surface area contributed by atoms with Crippen molar-refractivity contribution < 1.29 is 13.2 Å². The first-order chi connectivity index (χ1) is 9.87. The number of amides is 1. The molecular formula is C15H22N2O3S. The summed E-state index contributed by atoms with van der Waals surface area (Å²) in [4.78, 5) is 14.2. The van der Waals surface area contributed by atoms with Gasteiger partial charge in [0.1, 0.15) is 9.84 Å². The molecule has 1 atom stereocenters. The molecule has 1 N–H and O–H groups in total. The Bertz CT molecular complexity index is 613. The third-order valence-corrected chi connectivity index (χ3v) is 4.81. The first kappa shape index (κ1) is 16.0. The van der Waals surface area contributed by atoms with Gasteiger partial charge in [-0.3, -0.25) is 9.69 Å². The minimum atomic E-state index is -3.04. The van der Waals surface area contributed by atoms with E-state index < -0.39 is 9.84 Å². The van der Waals surface area contributed by atoms with Gasteiger partial charge in [-0.2, -0.15) is 0 Å². The largest absolute Gasteiger partial charge is 0.354 e. The van der Waals surface area contributed by atoms with E-state index in [9.17, 15) is 13.2 Å². The van der Waals surface area contributed by atoms with Crippen LogP contribution in [0.25, 0.3) is 0 Å². The highest BCUT2D eigenvalue weighted by molar-refractivity contribution is 7.90. The van der Waals surface area contributed by atoms with Crippen molar-refractivity contribution in [3.8, 4) is 0 Å². The molecule has 0 bridgehead atoms. The van der Waals surface area contributed by atoms with Crippen LogP contribution >= 0.6 is 0 Å². The maximum atomic E-state index is 12.1. The first-order valence-electron chi connectivity index (χ1n) is 7.13. The van der Waals surface area contributed by atoms with Crippen molar-refractivity contribution >= 4 is 15.7 Å². The molecule has 0 aliphatic carbocycles. The predicted octanol–water partition coefficient (Wildman–Crippen LogP) is 0.594. The molecule has 1 aromatic carbocycles. The van der Waals surface area contributed by atoms with Gasteiger partial charge in [0.25, 0.3) is 0 Å². The quantitative estimate of drug-likeness (QED) is 0.864. The number of carbonyl (C=O) groups is 1. The Hall–Kier alpha value is -1.40. The summed E-state index contributed by atoms with van der Waals surface area (Å²) in [6.07, 6.45) is 2.11. The molecule has 1 aliphatic rings. The lowest BCUT2D eigenvalue weighted by molar-refractivity contribution is -0.126. The maximum Gasteiger partial charge on any atom is 0.237 e. The van der Waals surface area contributed by atoms with Crippen LogP contribution in [-0.2, 0) is 27.6 Å². The lowest BCUT2D eigenvalue weighted by Gasteiger charge is -2.32. The van der Waals surface area contributed by atoms with E-state index in [1.807, 2.05) is 19.1 Å². The minimum absolute atomic E-state index is 0.0196. The van der Waals surface area contributed by atoms with Crippen LogP contribution in [0.2, 0.25) is 0 Å². The second-order valence-electron chi connectivity index (χ2n) is 5.59. The number of benzene rings is 1. The van der Waals surface area contributed by atoms with Crippen molar-refractivity contribution in [2.24, 2.45) is 0 Å². The van der Waals surface area contributed by atoms with Gasteiger partial charge in [-0.15, -0.1) is 0 Å². The molecule has 1 aromatic rings. The average Bonchev–Trinajstić information content (AvgIpc) is 2.44. The van der Waals surface area contributed by atoms with Gasteiger partial charge in [0.15, 0.2) is 0 Å². The summed E-state index contributed by atoms with van der Waals surface area (Å²) in [5.74, 6) is -0.132. The Morgan fingerprint density at radius 1 is 1.33 bits per heavy atom. The fourth-order valence-corrected chi connectivity index (χ4v) is 2.99. The smallest absolute Gasteiger partial charge is 0.237 e. The van der Waals surface area contributed by atoms with Gasteiger partial charge in [-0.25, -0.2) is 8.42 Å². The van der Waals surface area contributed by atoms with Crippen molar-refractivity contribution in [2.45, 2.75) is 25.9 Å². The van der Waals surface area contributed by atoms with E-state index in [2.05, 4.69) is 22.3 Å². The van der Waals surface area contributed by atoms with Crippen LogP contribution in [0.4, 0.5) is 0 Å². The zero-order chi connectivity index (χ0) is 15.5. The summed E-state index contributed by atoms with van der Waals surface area (Å²) in [5, 5.41) is 2.70. The molecule has 1 heterocycles. The Labute approximate surface area is 126 Å². The summed E-state index contributed by atoms with van der Waals surface area (Å²) in [5.41, 5.74) is 2.61. The number of sulfone groups is 1. The van der Waals surface area contributed by atoms with Gasteiger partial charge in [0.05, 0.1) is 11.8 Å². The van der Waals surface area contributed by atoms with E-state index in [1.54, 1.807) is 0 Å². The van der Waals surface area contributed by atoms with E-state index in [0.29, 0.717) is 0 Å². The van der Waals surface area contributed by atoms with E-state index in [-0.39, 0.29) is 24.2 Å². The summed E-state index contributed by atoms with van der Waals surface area (Å²) >= 11 is 0. The fourth-order valence-electron chi connectivity index (χ4n) is 2.52. The highest BCUT2D eigenvalue weighted by Crippen LogP contribution is 2.20. The predicted molar refractivity (Wildman–Crippen MR) is 82.7 cm³/mol. The van der Waals surface area contributed by atoms with Gasteiger partial charge in [0.2, 0.25) is 5.91 Å². The van der Waals surface area contributed by atoms with E-state index >= 15 is 0 Å². The number of hydrogen-bond donors (Lipinski definition) is 1. The van der Waals surface area contributed by atoms with Crippen molar-refractivity contribution in [1.29, 1.82) is 0 Å². The van der Waals surface area contributed by atoms with Gasteiger partial charge >= 0.3 is 0 Å². The SMILES string of the molecule is C[C@@H](C(=O)NCCS(C)(=O)=O)N1CCc2ccccc2C1. The van der Waals surface area contributed by atoms with Crippen LogP contribution in [0.1, 0.15) is 18.1 Å². The van der Waals surface area contributed by atoms with Crippen molar-refractivity contribution in [2.75, 3.05) is 25.1 Å². The molecule has 21 heavy (non-hydrogen) atoms. The lowest BCUT2D eigenvalue weighted by Crippen LogP contribution is -2.47. The van der Waals surface area contributed by atoms with Crippen molar-refractivity contribution in [3.63, 3.8) is 0 Å². The molecular weight excluding hydrogens is 288 g/mol. The molecule has 0 radical (unpaired) electrons. The molecule has 6 heteroatoms. The van der Waals surface area contributed by atoms with Crippen LogP contribution in [-0.4, -0.2) is 50.4 Å². The van der Waals surface area contributed by atoms with Crippen LogP contribution in [0.5, 0.6) is 0 Å².